The molecule has 0 unspecified atom stereocenters. The van der Waals surface area contributed by atoms with Gasteiger partial charge in [0.05, 0.1) is 19.9 Å². The number of fused-ring (bicyclic) bond motifs is 1. The van der Waals surface area contributed by atoms with E-state index >= 15 is 0 Å². The largest absolute Gasteiger partial charge is 0.497 e. The molecule has 1 aliphatic heterocycles. The summed E-state index contributed by atoms with van der Waals surface area (Å²) in [4.78, 5) is 26.9. The number of benzene rings is 2. The van der Waals surface area contributed by atoms with E-state index in [0.29, 0.717) is 28.6 Å². The monoisotopic (exact) mass is 384 g/mol. The lowest BCUT2D eigenvalue weighted by atomic mass is 10.0. The molecule has 0 saturated heterocycles. The fourth-order valence-corrected chi connectivity index (χ4v) is 3.06. The summed E-state index contributed by atoms with van der Waals surface area (Å²) < 4.78 is 16.2. The van der Waals surface area contributed by atoms with E-state index in [2.05, 4.69) is 5.32 Å². The summed E-state index contributed by atoms with van der Waals surface area (Å²) in [5.41, 5.74) is 0.253. The van der Waals surface area contributed by atoms with Crippen molar-refractivity contribution in [3.8, 4) is 17.2 Å². The molecule has 0 radical (unpaired) electrons. The maximum absolute atomic E-state index is 12.8. The van der Waals surface area contributed by atoms with Crippen molar-refractivity contribution in [2.24, 2.45) is 0 Å². The Labute approximate surface area is 164 Å². The predicted octanol–water partition coefficient (Wildman–Crippen LogP) is 3.24. The summed E-state index contributed by atoms with van der Waals surface area (Å²) in [6.07, 6.45) is 0.135. The van der Waals surface area contributed by atoms with E-state index in [1.165, 1.54) is 0 Å². The molecule has 0 atom stereocenters. The molecule has 2 aromatic rings. The van der Waals surface area contributed by atoms with E-state index in [1.807, 2.05) is 24.3 Å². The third-order valence-corrected chi connectivity index (χ3v) is 4.48. The highest BCUT2D eigenvalue weighted by atomic mass is 16.5. The minimum Gasteiger partial charge on any atom is -0.497 e. The molecule has 2 amide bonds. The molecule has 1 aliphatic rings. The van der Waals surface area contributed by atoms with Crippen LogP contribution in [-0.4, -0.2) is 38.2 Å². The van der Waals surface area contributed by atoms with Crippen LogP contribution in [0.25, 0.3) is 0 Å². The standard InChI is InChI=1S/C21H24N2O5/c1-21(2)20(25)23(17-7-5-6-8-18(17)28-21)10-9-19(24)22-14-11-15(26-3)13-16(12-14)27-4/h5-8,11-13H,9-10H2,1-4H3,(H,22,24). The zero-order valence-corrected chi connectivity index (χ0v) is 16.4. The lowest BCUT2D eigenvalue weighted by Gasteiger charge is -2.38. The molecule has 7 heteroatoms. The summed E-state index contributed by atoms with van der Waals surface area (Å²) >= 11 is 0. The fraction of sp³-hybridized carbons (Fsp3) is 0.333. The SMILES string of the molecule is COc1cc(NC(=O)CCN2C(=O)C(C)(C)Oc3ccccc32)cc(OC)c1. The highest BCUT2D eigenvalue weighted by Crippen LogP contribution is 2.37. The Morgan fingerprint density at radius 1 is 1.11 bits per heavy atom. The van der Waals surface area contributed by atoms with Crippen LogP contribution in [0, 0.1) is 0 Å². The molecule has 0 bridgehead atoms. The van der Waals surface area contributed by atoms with Crippen molar-refractivity contribution in [2.45, 2.75) is 25.9 Å². The first-order chi connectivity index (χ1) is 13.3. The maximum atomic E-state index is 12.8. The third kappa shape index (κ3) is 4.03. The number of rotatable bonds is 6. The Balaban J connectivity index is 1.71. The normalized spacial score (nSPS) is 14.7. The number of methoxy groups -OCH3 is 2. The lowest BCUT2D eigenvalue weighted by Crippen LogP contribution is -2.53. The topological polar surface area (TPSA) is 77.1 Å². The number of carbonyl (C=O) groups excluding carboxylic acids is 2. The Kier molecular flexibility index (Phi) is 5.44. The van der Waals surface area contributed by atoms with E-state index in [0.717, 1.165) is 0 Å². The summed E-state index contributed by atoms with van der Waals surface area (Å²) in [6.45, 7) is 3.69. The number of amides is 2. The summed E-state index contributed by atoms with van der Waals surface area (Å²) in [5, 5.41) is 2.82. The fourth-order valence-electron chi connectivity index (χ4n) is 3.06. The second-order valence-electron chi connectivity index (χ2n) is 6.94. The number of ether oxygens (including phenoxy) is 3. The predicted molar refractivity (Wildman–Crippen MR) is 106 cm³/mol. The summed E-state index contributed by atoms with van der Waals surface area (Å²) in [5.74, 6) is 1.39. The van der Waals surface area contributed by atoms with Gasteiger partial charge in [0.1, 0.15) is 17.2 Å². The van der Waals surface area contributed by atoms with Gasteiger partial charge in [-0.25, -0.2) is 0 Å². The van der Waals surface area contributed by atoms with E-state index < -0.39 is 5.60 Å². The van der Waals surface area contributed by atoms with E-state index in [4.69, 9.17) is 14.2 Å². The van der Waals surface area contributed by atoms with Crippen molar-refractivity contribution in [3.63, 3.8) is 0 Å². The van der Waals surface area contributed by atoms with Gasteiger partial charge in [0, 0.05) is 36.9 Å². The maximum Gasteiger partial charge on any atom is 0.270 e. The summed E-state index contributed by atoms with van der Waals surface area (Å²) in [7, 11) is 3.09. The highest BCUT2D eigenvalue weighted by molar-refractivity contribution is 6.03. The van der Waals surface area contributed by atoms with Crippen molar-refractivity contribution in [2.75, 3.05) is 31.0 Å². The molecule has 0 fully saturated rings. The average molecular weight is 384 g/mol. The van der Waals surface area contributed by atoms with Crippen LogP contribution in [-0.2, 0) is 9.59 Å². The van der Waals surface area contributed by atoms with E-state index in [-0.39, 0.29) is 24.8 Å². The summed E-state index contributed by atoms with van der Waals surface area (Å²) in [6, 6.07) is 12.5. The molecule has 0 aromatic heterocycles. The second-order valence-corrected chi connectivity index (χ2v) is 6.94. The number of nitrogens with zero attached hydrogens (tertiary/aromatic N) is 1. The van der Waals surface area contributed by atoms with E-state index in [1.54, 1.807) is 51.2 Å². The molecule has 0 spiro atoms. The number of hydrogen-bond acceptors (Lipinski definition) is 5. The van der Waals surface area contributed by atoms with Crippen molar-refractivity contribution < 1.29 is 23.8 Å². The van der Waals surface area contributed by atoms with Gasteiger partial charge in [-0.2, -0.15) is 0 Å². The van der Waals surface area contributed by atoms with Crippen LogP contribution >= 0.6 is 0 Å². The molecule has 28 heavy (non-hydrogen) atoms. The van der Waals surface area contributed by atoms with Crippen LogP contribution in [0.5, 0.6) is 17.2 Å². The minimum atomic E-state index is -0.981. The first kappa shape index (κ1) is 19.5. The molecular weight excluding hydrogens is 360 g/mol. The Bertz CT molecular complexity index is 872. The molecule has 0 aliphatic carbocycles. The quantitative estimate of drug-likeness (QED) is 0.827. The number of nitrogens with one attached hydrogen (secondary N) is 1. The smallest absolute Gasteiger partial charge is 0.270 e. The molecule has 148 valence electrons. The minimum absolute atomic E-state index is 0.135. The molecule has 2 aromatic carbocycles. The molecule has 1 heterocycles. The van der Waals surface area contributed by atoms with Crippen LogP contribution in [0.1, 0.15) is 20.3 Å². The van der Waals surface area contributed by atoms with Crippen molar-refractivity contribution in [1.29, 1.82) is 0 Å². The number of anilines is 2. The van der Waals surface area contributed by atoms with Gasteiger partial charge < -0.3 is 24.4 Å². The van der Waals surface area contributed by atoms with Gasteiger partial charge in [-0.3, -0.25) is 9.59 Å². The van der Waals surface area contributed by atoms with Gasteiger partial charge in [0.25, 0.3) is 5.91 Å². The molecule has 0 saturated carbocycles. The molecule has 3 rings (SSSR count). The number of carbonyl (C=O) groups is 2. The van der Waals surface area contributed by atoms with Crippen molar-refractivity contribution >= 4 is 23.2 Å². The highest BCUT2D eigenvalue weighted by Gasteiger charge is 2.40. The van der Waals surface area contributed by atoms with Gasteiger partial charge in [-0.05, 0) is 26.0 Å². The van der Waals surface area contributed by atoms with Crippen LogP contribution in [0.2, 0.25) is 0 Å². The first-order valence-corrected chi connectivity index (χ1v) is 8.97. The molecule has 7 nitrogen and oxygen atoms in total. The van der Waals surface area contributed by atoms with Crippen molar-refractivity contribution in [1.82, 2.24) is 0 Å². The van der Waals surface area contributed by atoms with Gasteiger partial charge in [-0.1, -0.05) is 12.1 Å². The van der Waals surface area contributed by atoms with Gasteiger partial charge in [0.2, 0.25) is 5.91 Å². The zero-order chi connectivity index (χ0) is 20.3. The average Bonchev–Trinajstić information content (AvgIpc) is 2.67. The Hall–Kier alpha value is -3.22. The first-order valence-electron chi connectivity index (χ1n) is 8.97. The Morgan fingerprint density at radius 3 is 2.39 bits per heavy atom. The van der Waals surface area contributed by atoms with Gasteiger partial charge >= 0.3 is 0 Å². The molecule has 1 N–H and O–H groups in total. The Morgan fingerprint density at radius 2 is 1.75 bits per heavy atom. The number of para-hydroxylation sites is 2. The lowest BCUT2D eigenvalue weighted by molar-refractivity contribution is -0.132. The van der Waals surface area contributed by atoms with Crippen molar-refractivity contribution in [3.05, 3.63) is 42.5 Å². The van der Waals surface area contributed by atoms with Crippen LogP contribution < -0.4 is 24.4 Å². The van der Waals surface area contributed by atoms with Gasteiger partial charge in [-0.15, -0.1) is 0 Å². The van der Waals surface area contributed by atoms with Crippen LogP contribution in [0.15, 0.2) is 42.5 Å². The molecular formula is C21H24N2O5. The van der Waals surface area contributed by atoms with Crippen LogP contribution in [0.4, 0.5) is 11.4 Å². The van der Waals surface area contributed by atoms with Gasteiger partial charge in [0.15, 0.2) is 5.60 Å². The van der Waals surface area contributed by atoms with E-state index in [9.17, 15) is 9.59 Å². The van der Waals surface area contributed by atoms with Crippen LogP contribution in [0.3, 0.4) is 0 Å². The number of hydrogen-bond donors (Lipinski definition) is 1. The zero-order valence-electron chi connectivity index (χ0n) is 16.4. The second kappa shape index (κ2) is 7.80. The third-order valence-electron chi connectivity index (χ3n) is 4.48.